The predicted octanol–water partition coefficient (Wildman–Crippen LogP) is 5.09. The van der Waals surface area contributed by atoms with Gasteiger partial charge in [0.2, 0.25) is 0 Å². The van der Waals surface area contributed by atoms with E-state index in [0.29, 0.717) is 16.7 Å². The number of rotatable bonds is 4. The zero-order valence-electron chi connectivity index (χ0n) is 15.3. The molecular formula is C22H18F3NO2. The molecule has 1 amide bonds. The second kappa shape index (κ2) is 7.76. The highest BCUT2D eigenvalue weighted by Gasteiger charge is 2.41. The zero-order chi connectivity index (χ0) is 20.3. The van der Waals surface area contributed by atoms with Gasteiger partial charge in [-0.2, -0.15) is 0 Å². The maximum Gasteiger partial charge on any atom is 0.410 e. The summed E-state index contributed by atoms with van der Waals surface area (Å²) in [4.78, 5) is 13.8. The monoisotopic (exact) mass is 385 g/mol. The summed E-state index contributed by atoms with van der Waals surface area (Å²) in [5, 5.41) is 0. The van der Waals surface area contributed by atoms with Gasteiger partial charge in [0.1, 0.15) is 17.5 Å². The molecule has 0 radical (unpaired) electrons. The molecule has 0 fully saturated rings. The van der Waals surface area contributed by atoms with Crippen LogP contribution in [0.5, 0.6) is 0 Å². The summed E-state index contributed by atoms with van der Waals surface area (Å²) in [6.07, 6.45) is -0.669. The Balaban J connectivity index is 2.32. The van der Waals surface area contributed by atoms with E-state index in [0.717, 1.165) is 0 Å². The molecule has 0 unspecified atom stereocenters. The normalized spacial score (nSPS) is 11.2. The van der Waals surface area contributed by atoms with Crippen molar-refractivity contribution in [3.05, 3.63) is 107 Å². The molecular weight excluding hydrogens is 367 g/mol. The van der Waals surface area contributed by atoms with Crippen LogP contribution in [0.4, 0.5) is 18.0 Å². The third-order valence-corrected chi connectivity index (χ3v) is 4.36. The zero-order valence-corrected chi connectivity index (χ0v) is 15.3. The molecule has 3 aromatic carbocycles. The number of halogens is 3. The standard InChI is InChI=1S/C22H18F3NO2/c1-26(2)21(27)28-22(15-3-9-18(23)10-4-15,16-5-11-19(24)12-6-16)17-7-13-20(25)14-8-17/h3-14H,1-2H3. The van der Waals surface area contributed by atoms with E-state index < -0.39 is 29.1 Å². The van der Waals surface area contributed by atoms with E-state index in [9.17, 15) is 18.0 Å². The topological polar surface area (TPSA) is 29.5 Å². The van der Waals surface area contributed by atoms with Crippen molar-refractivity contribution in [2.75, 3.05) is 14.1 Å². The molecule has 0 N–H and O–H groups in total. The molecule has 3 nitrogen and oxygen atoms in total. The number of carbonyl (C=O) groups excluding carboxylic acids is 1. The lowest BCUT2D eigenvalue weighted by molar-refractivity contribution is 0.0464. The first-order valence-corrected chi connectivity index (χ1v) is 8.51. The lowest BCUT2D eigenvalue weighted by Gasteiger charge is -2.36. The van der Waals surface area contributed by atoms with Gasteiger partial charge in [0.15, 0.2) is 5.60 Å². The molecule has 0 aromatic heterocycles. The van der Waals surface area contributed by atoms with Crippen LogP contribution in [0.3, 0.4) is 0 Å². The number of ether oxygens (including phenoxy) is 1. The van der Waals surface area contributed by atoms with Gasteiger partial charge in [-0.25, -0.2) is 18.0 Å². The maximum absolute atomic E-state index is 13.6. The first-order valence-electron chi connectivity index (χ1n) is 8.51. The van der Waals surface area contributed by atoms with Crippen LogP contribution in [0.25, 0.3) is 0 Å². The van der Waals surface area contributed by atoms with Gasteiger partial charge in [-0.05, 0) is 36.4 Å². The van der Waals surface area contributed by atoms with Crippen LogP contribution < -0.4 is 0 Å². The summed E-state index contributed by atoms with van der Waals surface area (Å²) in [5.41, 5.74) is -0.233. The van der Waals surface area contributed by atoms with E-state index in [-0.39, 0.29) is 0 Å². The van der Waals surface area contributed by atoms with Crippen LogP contribution in [-0.4, -0.2) is 25.1 Å². The van der Waals surface area contributed by atoms with Gasteiger partial charge in [0.25, 0.3) is 0 Å². The lowest BCUT2D eigenvalue weighted by Crippen LogP contribution is -2.39. The minimum Gasteiger partial charge on any atom is -0.428 e. The number of hydrogen-bond donors (Lipinski definition) is 0. The largest absolute Gasteiger partial charge is 0.428 e. The molecule has 0 atom stereocenters. The molecule has 0 spiro atoms. The first kappa shape index (κ1) is 19.5. The van der Waals surface area contributed by atoms with Crippen molar-refractivity contribution in [3.63, 3.8) is 0 Å². The molecule has 0 aliphatic carbocycles. The average Bonchev–Trinajstić information content (AvgIpc) is 2.68. The molecule has 3 aromatic rings. The maximum atomic E-state index is 13.6. The Morgan fingerprint density at radius 1 is 0.679 bits per heavy atom. The lowest BCUT2D eigenvalue weighted by atomic mass is 9.80. The number of nitrogens with zero attached hydrogens (tertiary/aromatic N) is 1. The van der Waals surface area contributed by atoms with Crippen molar-refractivity contribution in [1.29, 1.82) is 0 Å². The first-order chi connectivity index (χ1) is 13.3. The number of hydrogen-bond acceptors (Lipinski definition) is 2. The Bertz CT molecular complexity index is 842. The van der Waals surface area contributed by atoms with Gasteiger partial charge in [-0.3, -0.25) is 0 Å². The van der Waals surface area contributed by atoms with Crippen LogP contribution in [-0.2, 0) is 10.3 Å². The van der Waals surface area contributed by atoms with Gasteiger partial charge < -0.3 is 9.64 Å². The summed E-state index contributed by atoms with van der Waals surface area (Å²) in [7, 11) is 3.04. The highest BCUT2D eigenvalue weighted by molar-refractivity contribution is 5.69. The third-order valence-electron chi connectivity index (χ3n) is 4.36. The quantitative estimate of drug-likeness (QED) is 0.585. The summed E-state index contributed by atoms with van der Waals surface area (Å²) >= 11 is 0. The van der Waals surface area contributed by atoms with Crippen molar-refractivity contribution in [1.82, 2.24) is 4.90 Å². The SMILES string of the molecule is CN(C)C(=O)OC(c1ccc(F)cc1)(c1ccc(F)cc1)c1ccc(F)cc1. The van der Waals surface area contributed by atoms with Crippen LogP contribution in [0.2, 0.25) is 0 Å². The average molecular weight is 385 g/mol. The second-order valence-corrected chi connectivity index (χ2v) is 6.46. The summed E-state index contributed by atoms with van der Waals surface area (Å²) in [5.74, 6) is -1.39. The van der Waals surface area contributed by atoms with Gasteiger partial charge in [-0.1, -0.05) is 36.4 Å². The molecule has 28 heavy (non-hydrogen) atoms. The number of amides is 1. The second-order valence-electron chi connectivity index (χ2n) is 6.46. The van der Waals surface area contributed by atoms with E-state index in [2.05, 4.69) is 0 Å². The highest BCUT2D eigenvalue weighted by atomic mass is 19.1. The molecule has 144 valence electrons. The van der Waals surface area contributed by atoms with Crippen molar-refractivity contribution in [2.24, 2.45) is 0 Å². The fourth-order valence-electron chi connectivity index (χ4n) is 2.95. The Kier molecular flexibility index (Phi) is 5.40. The van der Waals surface area contributed by atoms with E-state index >= 15 is 0 Å². The molecule has 0 aliphatic heterocycles. The summed E-state index contributed by atoms with van der Waals surface area (Å²) in [6.45, 7) is 0. The van der Waals surface area contributed by atoms with E-state index in [1.807, 2.05) is 0 Å². The van der Waals surface area contributed by atoms with Crippen molar-refractivity contribution in [3.8, 4) is 0 Å². The molecule has 6 heteroatoms. The van der Waals surface area contributed by atoms with Crippen molar-refractivity contribution >= 4 is 6.09 Å². The third kappa shape index (κ3) is 3.71. The Hall–Kier alpha value is -3.28. The molecule has 3 rings (SSSR count). The fourth-order valence-corrected chi connectivity index (χ4v) is 2.95. The Labute approximate surface area is 161 Å². The molecule has 0 aliphatic rings. The van der Waals surface area contributed by atoms with Crippen molar-refractivity contribution in [2.45, 2.75) is 5.60 Å². The van der Waals surface area contributed by atoms with Crippen LogP contribution in [0.1, 0.15) is 16.7 Å². The van der Waals surface area contributed by atoms with Gasteiger partial charge >= 0.3 is 6.09 Å². The Morgan fingerprint density at radius 3 is 1.21 bits per heavy atom. The molecule has 0 heterocycles. The van der Waals surface area contributed by atoms with Crippen LogP contribution in [0, 0.1) is 17.5 Å². The van der Waals surface area contributed by atoms with Gasteiger partial charge in [0.05, 0.1) is 0 Å². The van der Waals surface area contributed by atoms with E-state index in [1.165, 1.54) is 91.8 Å². The van der Waals surface area contributed by atoms with Crippen molar-refractivity contribution < 1.29 is 22.7 Å². The smallest absolute Gasteiger partial charge is 0.410 e. The number of benzene rings is 3. The van der Waals surface area contributed by atoms with Crippen LogP contribution >= 0.6 is 0 Å². The van der Waals surface area contributed by atoms with E-state index in [4.69, 9.17) is 4.74 Å². The fraction of sp³-hybridized carbons (Fsp3) is 0.136. The van der Waals surface area contributed by atoms with Gasteiger partial charge in [-0.15, -0.1) is 0 Å². The van der Waals surface area contributed by atoms with Crippen LogP contribution in [0.15, 0.2) is 72.8 Å². The Morgan fingerprint density at radius 2 is 0.964 bits per heavy atom. The highest BCUT2D eigenvalue weighted by Crippen LogP contribution is 2.41. The van der Waals surface area contributed by atoms with E-state index in [1.54, 1.807) is 0 Å². The summed E-state index contributed by atoms with van der Waals surface area (Å²) < 4.78 is 46.6. The minimum atomic E-state index is -1.53. The molecule has 0 saturated carbocycles. The minimum absolute atomic E-state index is 0.433. The molecule has 0 bridgehead atoms. The predicted molar refractivity (Wildman–Crippen MR) is 99.3 cm³/mol. The summed E-state index contributed by atoms with van der Waals surface area (Å²) in [6, 6.07) is 16.3. The molecule has 0 saturated heterocycles. The number of carbonyl (C=O) groups is 1. The van der Waals surface area contributed by atoms with Gasteiger partial charge in [0, 0.05) is 30.8 Å².